The molecule has 1 unspecified atom stereocenters. The minimum absolute atomic E-state index is 0.123. The molecule has 1 heterocycles. The van der Waals surface area contributed by atoms with Crippen molar-refractivity contribution in [1.82, 2.24) is 10.2 Å². The first-order valence-corrected chi connectivity index (χ1v) is 7.63. The number of nitrogens with one attached hydrogen (secondary N) is 1. The minimum atomic E-state index is -0.784. The number of hydrogen-bond donors (Lipinski definition) is 1. The number of aryl methyl sites for hydroxylation is 1. The van der Waals surface area contributed by atoms with Crippen molar-refractivity contribution < 1.29 is 18.9 Å². The summed E-state index contributed by atoms with van der Waals surface area (Å²) in [4.78, 5) is 36.2. The van der Waals surface area contributed by atoms with E-state index in [2.05, 4.69) is 5.32 Å². The van der Waals surface area contributed by atoms with E-state index in [9.17, 15) is 19.7 Å². The van der Waals surface area contributed by atoms with Crippen LogP contribution in [0.4, 0.5) is 5.69 Å². The molecule has 25 heavy (non-hydrogen) atoms. The van der Waals surface area contributed by atoms with E-state index in [4.69, 9.17) is 4.42 Å². The van der Waals surface area contributed by atoms with Crippen molar-refractivity contribution >= 4 is 17.5 Å². The van der Waals surface area contributed by atoms with Gasteiger partial charge in [0.2, 0.25) is 5.91 Å². The highest BCUT2D eigenvalue weighted by atomic mass is 16.6. The molecular formula is C17H19N3O5. The average Bonchev–Trinajstić information content (AvgIpc) is 2.98. The highest BCUT2D eigenvalue weighted by molar-refractivity contribution is 5.97. The van der Waals surface area contributed by atoms with Gasteiger partial charge in [0, 0.05) is 24.7 Å². The molecule has 1 atom stereocenters. The van der Waals surface area contributed by atoms with E-state index in [1.165, 1.54) is 29.2 Å². The van der Waals surface area contributed by atoms with Crippen molar-refractivity contribution in [1.29, 1.82) is 0 Å². The Balaban J connectivity index is 1.98. The first-order valence-electron chi connectivity index (χ1n) is 7.63. The number of carbonyl (C=O) groups is 2. The molecule has 1 aromatic carbocycles. The van der Waals surface area contributed by atoms with Crippen LogP contribution in [-0.2, 0) is 11.3 Å². The molecule has 132 valence electrons. The zero-order valence-corrected chi connectivity index (χ0v) is 14.2. The Hall–Kier alpha value is -3.16. The number of amides is 2. The van der Waals surface area contributed by atoms with Gasteiger partial charge in [0.25, 0.3) is 11.6 Å². The molecule has 0 bridgehead atoms. The smallest absolute Gasteiger partial charge is 0.270 e. The Morgan fingerprint density at radius 2 is 2.04 bits per heavy atom. The van der Waals surface area contributed by atoms with Crippen molar-refractivity contribution in [2.24, 2.45) is 0 Å². The minimum Gasteiger partial charge on any atom is -0.464 e. The fraction of sp³-hybridized carbons (Fsp3) is 0.294. The van der Waals surface area contributed by atoms with Crippen LogP contribution in [0.3, 0.4) is 0 Å². The molecule has 0 fully saturated rings. The van der Waals surface area contributed by atoms with Crippen molar-refractivity contribution in [3.63, 3.8) is 0 Å². The predicted molar refractivity (Wildman–Crippen MR) is 89.9 cm³/mol. The van der Waals surface area contributed by atoms with Crippen molar-refractivity contribution in [2.75, 3.05) is 7.05 Å². The third kappa shape index (κ3) is 4.66. The van der Waals surface area contributed by atoms with Crippen LogP contribution in [0, 0.1) is 17.0 Å². The first kappa shape index (κ1) is 18.2. The molecule has 0 saturated heterocycles. The van der Waals surface area contributed by atoms with Gasteiger partial charge in [-0.2, -0.15) is 0 Å². The van der Waals surface area contributed by atoms with Gasteiger partial charge in [-0.25, -0.2) is 0 Å². The summed E-state index contributed by atoms with van der Waals surface area (Å²) in [5, 5.41) is 13.3. The van der Waals surface area contributed by atoms with Crippen LogP contribution < -0.4 is 5.32 Å². The van der Waals surface area contributed by atoms with Crippen molar-refractivity contribution in [3.8, 4) is 0 Å². The Bertz CT molecular complexity index is 799. The van der Waals surface area contributed by atoms with Crippen LogP contribution in [-0.4, -0.2) is 34.7 Å². The summed E-state index contributed by atoms with van der Waals surface area (Å²) in [5.41, 5.74) is -0.0601. The summed E-state index contributed by atoms with van der Waals surface area (Å²) in [5.74, 6) is 0.549. The van der Waals surface area contributed by atoms with E-state index in [1.54, 1.807) is 26.1 Å². The summed E-state index contributed by atoms with van der Waals surface area (Å²) in [6.07, 6.45) is 0. The number of nitro groups is 1. The SMILES string of the molecule is Cc1ccc(CN(C)C(=O)C(C)NC(=O)c2cccc([N+](=O)[O-])c2)o1. The summed E-state index contributed by atoms with van der Waals surface area (Å²) in [6.45, 7) is 3.65. The third-order valence-electron chi connectivity index (χ3n) is 3.60. The number of benzene rings is 1. The Morgan fingerprint density at radius 1 is 1.32 bits per heavy atom. The molecular weight excluding hydrogens is 326 g/mol. The Labute approximate surface area is 144 Å². The van der Waals surface area contributed by atoms with E-state index in [0.717, 1.165) is 5.76 Å². The number of furan rings is 1. The molecule has 0 aliphatic rings. The fourth-order valence-electron chi connectivity index (χ4n) is 2.31. The molecule has 1 N–H and O–H groups in total. The normalized spacial score (nSPS) is 11.6. The highest BCUT2D eigenvalue weighted by Gasteiger charge is 2.21. The van der Waals surface area contributed by atoms with E-state index in [0.29, 0.717) is 5.76 Å². The molecule has 0 spiro atoms. The van der Waals surface area contributed by atoms with Crippen LogP contribution >= 0.6 is 0 Å². The molecule has 0 aliphatic heterocycles. The van der Waals surface area contributed by atoms with Crippen molar-refractivity contribution in [3.05, 3.63) is 63.6 Å². The lowest BCUT2D eigenvalue weighted by Gasteiger charge is -2.21. The molecule has 0 saturated carbocycles. The number of non-ortho nitro benzene ring substituents is 1. The van der Waals surface area contributed by atoms with Gasteiger partial charge in [-0.05, 0) is 32.0 Å². The molecule has 2 amide bonds. The number of hydrogen-bond acceptors (Lipinski definition) is 5. The predicted octanol–water partition coefficient (Wildman–Crippen LogP) is 2.27. The largest absolute Gasteiger partial charge is 0.464 e. The summed E-state index contributed by atoms with van der Waals surface area (Å²) < 4.78 is 5.42. The molecule has 1 aromatic heterocycles. The maximum atomic E-state index is 12.4. The molecule has 0 radical (unpaired) electrons. The van der Waals surface area contributed by atoms with Gasteiger partial charge in [0.05, 0.1) is 11.5 Å². The van der Waals surface area contributed by atoms with Crippen LogP contribution in [0.1, 0.15) is 28.8 Å². The summed E-state index contributed by atoms with van der Waals surface area (Å²) >= 11 is 0. The summed E-state index contributed by atoms with van der Waals surface area (Å²) in [7, 11) is 1.61. The molecule has 0 aliphatic carbocycles. The van der Waals surface area contributed by atoms with Crippen LogP contribution in [0.5, 0.6) is 0 Å². The lowest BCUT2D eigenvalue weighted by molar-refractivity contribution is -0.384. The number of carbonyl (C=O) groups excluding carboxylic acids is 2. The Morgan fingerprint density at radius 3 is 2.64 bits per heavy atom. The lowest BCUT2D eigenvalue weighted by Crippen LogP contribution is -2.45. The second-order valence-corrected chi connectivity index (χ2v) is 5.71. The van der Waals surface area contributed by atoms with Gasteiger partial charge in [0.15, 0.2) is 0 Å². The maximum Gasteiger partial charge on any atom is 0.270 e. The van der Waals surface area contributed by atoms with Crippen molar-refractivity contribution in [2.45, 2.75) is 26.4 Å². The standard InChI is InChI=1S/C17H19N3O5/c1-11-7-8-15(25-11)10-19(3)17(22)12(2)18-16(21)13-5-4-6-14(9-13)20(23)24/h4-9,12H,10H2,1-3H3,(H,18,21). The van der Waals surface area contributed by atoms with Gasteiger partial charge >= 0.3 is 0 Å². The molecule has 8 heteroatoms. The zero-order valence-electron chi connectivity index (χ0n) is 14.2. The monoisotopic (exact) mass is 345 g/mol. The number of nitrogens with zero attached hydrogens (tertiary/aromatic N) is 2. The topological polar surface area (TPSA) is 106 Å². The van der Waals surface area contributed by atoms with Crippen LogP contribution in [0.2, 0.25) is 0 Å². The van der Waals surface area contributed by atoms with Gasteiger partial charge in [-0.3, -0.25) is 19.7 Å². The third-order valence-corrected chi connectivity index (χ3v) is 3.60. The van der Waals surface area contributed by atoms with Gasteiger partial charge in [0.1, 0.15) is 17.6 Å². The second-order valence-electron chi connectivity index (χ2n) is 5.71. The van der Waals surface area contributed by atoms with Gasteiger partial charge in [-0.1, -0.05) is 6.07 Å². The molecule has 8 nitrogen and oxygen atoms in total. The lowest BCUT2D eigenvalue weighted by atomic mass is 10.1. The van der Waals surface area contributed by atoms with E-state index in [1.807, 2.05) is 6.92 Å². The Kier molecular flexibility index (Phi) is 5.53. The average molecular weight is 345 g/mol. The van der Waals surface area contributed by atoms with E-state index < -0.39 is 16.9 Å². The zero-order chi connectivity index (χ0) is 18.6. The quantitative estimate of drug-likeness (QED) is 0.638. The fourth-order valence-corrected chi connectivity index (χ4v) is 2.31. The molecule has 2 rings (SSSR count). The van der Waals surface area contributed by atoms with Gasteiger partial charge in [-0.15, -0.1) is 0 Å². The first-order chi connectivity index (χ1) is 11.8. The van der Waals surface area contributed by atoms with Gasteiger partial charge < -0.3 is 14.6 Å². The van der Waals surface area contributed by atoms with Crippen LogP contribution in [0.25, 0.3) is 0 Å². The highest BCUT2D eigenvalue weighted by Crippen LogP contribution is 2.13. The second kappa shape index (κ2) is 7.61. The molecule has 2 aromatic rings. The number of rotatable bonds is 6. The van der Waals surface area contributed by atoms with E-state index in [-0.39, 0.29) is 23.7 Å². The maximum absolute atomic E-state index is 12.4. The summed E-state index contributed by atoms with van der Waals surface area (Å²) in [6, 6.07) is 8.14. The number of likely N-dealkylation sites (N-methyl/N-ethyl adjacent to an activating group) is 1. The van der Waals surface area contributed by atoms with Crippen LogP contribution in [0.15, 0.2) is 40.8 Å². The van der Waals surface area contributed by atoms with E-state index >= 15 is 0 Å². The number of nitro benzene ring substituents is 1.